The number of hydrogen-bond acceptors (Lipinski definition) is 6. The molecule has 0 bridgehead atoms. The number of aliphatic hydroxyl groups excluding tert-OH is 1. The Morgan fingerprint density at radius 1 is 1.22 bits per heavy atom. The zero-order valence-electron chi connectivity index (χ0n) is 13.1. The van der Waals surface area contributed by atoms with Crippen molar-refractivity contribution in [3.05, 3.63) is 34.4 Å². The molecule has 9 heteroatoms. The monoisotopic (exact) mass is 366 g/mol. The van der Waals surface area contributed by atoms with Crippen molar-refractivity contribution in [2.45, 2.75) is 6.10 Å². The Morgan fingerprint density at radius 2 is 1.78 bits per heavy atom. The summed E-state index contributed by atoms with van der Waals surface area (Å²) < 4.78 is 0. The molecule has 0 saturated carbocycles. The summed E-state index contributed by atoms with van der Waals surface area (Å²) >= 11 is 0. The van der Waals surface area contributed by atoms with Crippen molar-refractivity contribution >= 4 is 36.2 Å². The number of nitrogens with one attached hydrogen (secondary N) is 1. The van der Waals surface area contributed by atoms with E-state index in [-0.39, 0.29) is 41.5 Å². The average Bonchev–Trinajstić information content (AvgIpc) is 2.48. The number of hydrogen-bond donors (Lipinski definition) is 2. The first-order chi connectivity index (χ1) is 10.1. The maximum atomic E-state index is 10.6. The largest absolute Gasteiger partial charge is 0.390 e. The van der Waals surface area contributed by atoms with Crippen LogP contribution in [0.15, 0.2) is 24.3 Å². The Morgan fingerprint density at radius 3 is 2.26 bits per heavy atom. The number of β-amino-alcohol motifs (C(OH)–C–C–N with tert-alkyl or cyclic N) is 1. The van der Waals surface area contributed by atoms with Gasteiger partial charge in [0, 0.05) is 57.1 Å². The first kappa shape index (κ1) is 21.9. The van der Waals surface area contributed by atoms with Gasteiger partial charge in [0.05, 0.1) is 11.0 Å². The maximum Gasteiger partial charge on any atom is 0.269 e. The van der Waals surface area contributed by atoms with Crippen LogP contribution in [0.1, 0.15) is 0 Å². The summed E-state index contributed by atoms with van der Waals surface area (Å²) in [5, 5.41) is 23.4. The van der Waals surface area contributed by atoms with Gasteiger partial charge in [0.25, 0.3) is 5.69 Å². The van der Waals surface area contributed by atoms with E-state index in [2.05, 4.69) is 15.1 Å². The standard InChI is InChI=1S/C14H22N4O3.2ClH/c1-15-10-14(19)11-16-6-8-17(9-7-16)12-2-4-13(5-3-12)18(20)21;;/h2-5,14-15,19H,6-11H2,1H3;2*1H. The van der Waals surface area contributed by atoms with Gasteiger partial charge in [-0.15, -0.1) is 24.8 Å². The summed E-state index contributed by atoms with van der Waals surface area (Å²) in [7, 11) is 1.83. The average molecular weight is 367 g/mol. The Balaban J connectivity index is 0.00000242. The van der Waals surface area contributed by atoms with Crippen molar-refractivity contribution in [2.24, 2.45) is 0 Å². The molecule has 0 radical (unpaired) electrons. The molecule has 7 nitrogen and oxygen atoms in total. The van der Waals surface area contributed by atoms with Crippen LogP contribution in [-0.2, 0) is 0 Å². The molecule has 0 spiro atoms. The molecule has 1 aromatic carbocycles. The maximum absolute atomic E-state index is 10.6. The zero-order chi connectivity index (χ0) is 15.2. The third-order valence-electron chi connectivity index (χ3n) is 3.71. The number of anilines is 1. The molecular weight excluding hydrogens is 343 g/mol. The minimum absolute atomic E-state index is 0. The Hall–Kier alpha value is -1.12. The zero-order valence-corrected chi connectivity index (χ0v) is 14.7. The first-order valence-electron chi connectivity index (χ1n) is 7.14. The number of halogens is 2. The highest BCUT2D eigenvalue weighted by atomic mass is 35.5. The summed E-state index contributed by atoms with van der Waals surface area (Å²) in [5.74, 6) is 0. The Labute approximate surface area is 148 Å². The second-order valence-corrected chi connectivity index (χ2v) is 5.27. The lowest BCUT2D eigenvalue weighted by molar-refractivity contribution is -0.384. The van der Waals surface area contributed by atoms with Gasteiger partial charge in [-0.05, 0) is 19.2 Å². The van der Waals surface area contributed by atoms with Crippen LogP contribution in [0.3, 0.4) is 0 Å². The number of non-ortho nitro benzene ring substituents is 1. The predicted molar refractivity (Wildman–Crippen MR) is 96.2 cm³/mol. The molecule has 132 valence electrons. The van der Waals surface area contributed by atoms with Gasteiger partial charge in [0.15, 0.2) is 0 Å². The lowest BCUT2D eigenvalue weighted by Gasteiger charge is -2.36. The third kappa shape index (κ3) is 6.48. The Bertz CT molecular complexity index is 468. The number of piperazine rings is 1. The van der Waals surface area contributed by atoms with Gasteiger partial charge in [-0.1, -0.05) is 0 Å². The Kier molecular flexibility index (Phi) is 10.1. The summed E-state index contributed by atoms with van der Waals surface area (Å²) in [6.45, 7) is 4.78. The predicted octanol–water partition coefficient (Wildman–Crippen LogP) is 1.14. The second-order valence-electron chi connectivity index (χ2n) is 5.27. The molecule has 1 fully saturated rings. The van der Waals surface area contributed by atoms with Crippen LogP contribution in [0.5, 0.6) is 0 Å². The molecule has 1 saturated heterocycles. The number of nitrogens with zero attached hydrogens (tertiary/aromatic N) is 3. The number of benzene rings is 1. The quantitative estimate of drug-likeness (QED) is 0.580. The van der Waals surface area contributed by atoms with E-state index in [0.717, 1.165) is 31.9 Å². The number of aliphatic hydroxyl groups is 1. The van der Waals surface area contributed by atoms with Crippen molar-refractivity contribution in [2.75, 3.05) is 51.2 Å². The van der Waals surface area contributed by atoms with Crippen molar-refractivity contribution in [3.63, 3.8) is 0 Å². The summed E-state index contributed by atoms with van der Waals surface area (Å²) in [5.41, 5.74) is 1.13. The molecule has 1 aliphatic rings. The van der Waals surface area contributed by atoms with Crippen LogP contribution < -0.4 is 10.2 Å². The molecule has 0 aliphatic carbocycles. The van der Waals surface area contributed by atoms with Crippen molar-refractivity contribution in [3.8, 4) is 0 Å². The van der Waals surface area contributed by atoms with Gasteiger partial charge >= 0.3 is 0 Å². The van der Waals surface area contributed by atoms with Gasteiger partial charge in [-0.25, -0.2) is 0 Å². The van der Waals surface area contributed by atoms with E-state index in [0.29, 0.717) is 13.1 Å². The second kappa shape index (κ2) is 10.6. The SMILES string of the molecule is CNCC(O)CN1CCN(c2ccc([N+](=O)[O-])cc2)CC1.Cl.Cl. The molecule has 1 heterocycles. The fourth-order valence-corrected chi connectivity index (χ4v) is 2.57. The number of nitro groups is 1. The van der Waals surface area contributed by atoms with Crippen molar-refractivity contribution in [1.82, 2.24) is 10.2 Å². The molecule has 23 heavy (non-hydrogen) atoms. The summed E-state index contributed by atoms with van der Waals surface area (Å²) in [6.07, 6.45) is -0.346. The molecule has 2 rings (SSSR count). The first-order valence-corrected chi connectivity index (χ1v) is 7.14. The van der Waals surface area contributed by atoms with Crippen LogP contribution in [0.4, 0.5) is 11.4 Å². The van der Waals surface area contributed by atoms with Crippen LogP contribution >= 0.6 is 24.8 Å². The third-order valence-corrected chi connectivity index (χ3v) is 3.71. The van der Waals surface area contributed by atoms with Crippen molar-refractivity contribution in [1.29, 1.82) is 0 Å². The van der Waals surface area contributed by atoms with Crippen LogP contribution in [0.25, 0.3) is 0 Å². The van der Waals surface area contributed by atoms with Crippen LogP contribution in [0, 0.1) is 10.1 Å². The highest BCUT2D eigenvalue weighted by Crippen LogP contribution is 2.20. The van der Waals surface area contributed by atoms with Gasteiger partial charge < -0.3 is 15.3 Å². The van der Waals surface area contributed by atoms with E-state index >= 15 is 0 Å². The van der Waals surface area contributed by atoms with E-state index in [1.165, 1.54) is 0 Å². The molecule has 0 amide bonds. The van der Waals surface area contributed by atoms with E-state index in [1.54, 1.807) is 24.3 Å². The molecule has 1 aliphatic heterocycles. The minimum Gasteiger partial charge on any atom is -0.390 e. The smallest absolute Gasteiger partial charge is 0.269 e. The van der Waals surface area contributed by atoms with E-state index in [4.69, 9.17) is 0 Å². The molecule has 0 aromatic heterocycles. The van der Waals surface area contributed by atoms with E-state index in [9.17, 15) is 15.2 Å². The molecular formula is C14H24Cl2N4O3. The molecule has 1 unspecified atom stereocenters. The van der Waals surface area contributed by atoms with Gasteiger partial charge in [-0.3, -0.25) is 15.0 Å². The fourth-order valence-electron chi connectivity index (χ4n) is 2.57. The van der Waals surface area contributed by atoms with Gasteiger partial charge in [-0.2, -0.15) is 0 Å². The van der Waals surface area contributed by atoms with Crippen molar-refractivity contribution < 1.29 is 10.0 Å². The van der Waals surface area contributed by atoms with Crippen LogP contribution in [-0.4, -0.2) is 67.3 Å². The number of nitro benzene ring substituents is 1. The highest BCUT2D eigenvalue weighted by Gasteiger charge is 2.19. The topological polar surface area (TPSA) is 81.9 Å². The summed E-state index contributed by atoms with van der Waals surface area (Å²) in [4.78, 5) is 14.7. The number of likely N-dealkylation sites (N-methyl/N-ethyl adjacent to an activating group) is 1. The lowest BCUT2D eigenvalue weighted by Crippen LogP contribution is -2.49. The van der Waals surface area contributed by atoms with E-state index in [1.807, 2.05) is 7.05 Å². The lowest BCUT2D eigenvalue weighted by atomic mass is 10.2. The van der Waals surface area contributed by atoms with Crippen LogP contribution in [0.2, 0.25) is 0 Å². The highest BCUT2D eigenvalue weighted by molar-refractivity contribution is 5.85. The van der Waals surface area contributed by atoms with Gasteiger partial charge in [0.1, 0.15) is 0 Å². The summed E-state index contributed by atoms with van der Waals surface area (Å²) in [6, 6.07) is 6.67. The normalized spacial score (nSPS) is 16.2. The molecule has 2 N–H and O–H groups in total. The molecule has 1 atom stereocenters. The molecule has 1 aromatic rings. The van der Waals surface area contributed by atoms with E-state index < -0.39 is 0 Å². The van der Waals surface area contributed by atoms with Gasteiger partial charge in [0.2, 0.25) is 0 Å². The number of rotatable bonds is 6. The fraction of sp³-hybridized carbons (Fsp3) is 0.571. The minimum atomic E-state index is -0.384.